The van der Waals surface area contributed by atoms with Crippen molar-refractivity contribution in [3.63, 3.8) is 0 Å². The molecule has 0 aromatic heterocycles. The lowest BCUT2D eigenvalue weighted by molar-refractivity contribution is -0.141. The van der Waals surface area contributed by atoms with Crippen molar-refractivity contribution in [2.45, 2.75) is 91.4 Å². The SMILES string of the molecule is COC(=O)CC(C)CCCCCCCCCCC(C)C. The van der Waals surface area contributed by atoms with Crippen LogP contribution in [0.2, 0.25) is 0 Å². The highest BCUT2D eigenvalue weighted by Crippen LogP contribution is 2.16. The minimum absolute atomic E-state index is 0.0705. The Kier molecular flexibility index (Phi) is 13.1. The van der Waals surface area contributed by atoms with Crippen molar-refractivity contribution < 1.29 is 9.53 Å². The molecule has 0 aliphatic heterocycles. The first-order chi connectivity index (χ1) is 9.56. The monoisotopic (exact) mass is 284 g/mol. The fraction of sp³-hybridized carbons (Fsp3) is 0.944. The first kappa shape index (κ1) is 19.5. The smallest absolute Gasteiger partial charge is 0.305 e. The summed E-state index contributed by atoms with van der Waals surface area (Å²) in [6.07, 6.45) is 14.1. The molecule has 0 saturated heterocycles. The average molecular weight is 284 g/mol. The topological polar surface area (TPSA) is 26.3 Å². The fourth-order valence-corrected chi connectivity index (χ4v) is 2.58. The summed E-state index contributed by atoms with van der Waals surface area (Å²) in [5.74, 6) is 1.26. The minimum Gasteiger partial charge on any atom is -0.469 e. The molecule has 2 heteroatoms. The van der Waals surface area contributed by atoms with E-state index in [1.807, 2.05) is 0 Å². The van der Waals surface area contributed by atoms with Crippen LogP contribution in [-0.4, -0.2) is 13.1 Å². The largest absolute Gasteiger partial charge is 0.469 e. The number of rotatable bonds is 13. The van der Waals surface area contributed by atoms with E-state index >= 15 is 0 Å². The third-order valence-corrected chi connectivity index (χ3v) is 3.97. The van der Waals surface area contributed by atoms with Crippen molar-refractivity contribution in [3.05, 3.63) is 0 Å². The van der Waals surface area contributed by atoms with Gasteiger partial charge in [0.25, 0.3) is 0 Å². The van der Waals surface area contributed by atoms with E-state index in [1.165, 1.54) is 64.9 Å². The normalized spacial score (nSPS) is 12.7. The number of carbonyl (C=O) groups is 1. The Morgan fingerprint density at radius 2 is 1.25 bits per heavy atom. The van der Waals surface area contributed by atoms with Gasteiger partial charge in [-0.1, -0.05) is 85.0 Å². The van der Waals surface area contributed by atoms with E-state index in [1.54, 1.807) is 0 Å². The van der Waals surface area contributed by atoms with Crippen molar-refractivity contribution in [2.75, 3.05) is 7.11 Å². The van der Waals surface area contributed by atoms with Crippen molar-refractivity contribution >= 4 is 5.97 Å². The molecule has 0 N–H and O–H groups in total. The van der Waals surface area contributed by atoms with Gasteiger partial charge in [0.05, 0.1) is 7.11 Å². The van der Waals surface area contributed by atoms with Gasteiger partial charge in [0, 0.05) is 6.42 Å². The second kappa shape index (κ2) is 13.5. The van der Waals surface area contributed by atoms with Gasteiger partial charge in [-0.25, -0.2) is 0 Å². The second-order valence-electron chi connectivity index (χ2n) is 6.69. The van der Waals surface area contributed by atoms with Crippen LogP contribution in [0.4, 0.5) is 0 Å². The van der Waals surface area contributed by atoms with Crippen LogP contribution in [0.1, 0.15) is 91.4 Å². The Hall–Kier alpha value is -0.530. The molecule has 2 nitrogen and oxygen atoms in total. The molecule has 1 atom stereocenters. The molecule has 0 bridgehead atoms. The molecule has 0 spiro atoms. The summed E-state index contributed by atoms with van der Waals surface area (Å²) in [5.41, 5.74) is 0. The molecule has 0 aliphatic carbocycles. The Balaban J connectivity index is 3.18. The number of hydrogen-bond acceptors (Lipinski definition) is 2. The number of unbranched alkanes of at least 4 members (excludes halogenated alkanes) is 7. The lowest BCUT2D eigenvalue weighted by Gasteiger charge is -2.09. The molecule has 1 unspecified atom stereocenters. The maximum absolute atomic E-state index is 11.1. The molecule has 0 amide bonds. The van der Waals surface area contributed by atoms with Crippen molar-refractivity contribution in [2.24, 2.45) is 11.8 Å². The first-order valence-electron chi connectivity index (χ1n) is 8.63. The van der Waals surface area contributed by atoms with Crippen LogP contribution in [0.25, 0.3) is 0 Å². The van der Waals surface area contributed by atoms with E-state index < -0.39 is 0 Å². The van der Waals surface area contributed by atoms with E-state index in [0.29, 0.717) is 12.3 Å². The zero-order chi connectivity index (χ0) is 15.2. The average Bonchev–Trinajstić information content (AvgIpc) is 2.40. The molecule has 0 heterocycles. The van der Waals surface area contributed by atoms with E-state index in [4.69, 9.17) is 0 Å². The first-order valence-corrected chi connectivity index (χ1v) is 8.63. The number of carbonyl (C=O) groups excluding carboxylic acids is 1. The molecule has 0 radical (unpaired) electrons. The molecule has 0 aromatic rings. The van der Waals surface area contributed by atoms with Crippen LogP contribution < -0.4 is 0 Å². The van der Waals surface area contributed by atoms with Crippen molar-refractivity contribution in [3.8, 4) is 0 Å². The van der Waals surface area contributed by atoms with E-state index in [9.17, 15) is 4.79 Å². The van der Waals surface area contributed by atoms with Gasteiger partial charge in [-0.2, -0.15) is 0 Å². The number of ether oxygens (including phenoxy) is 1. The summed E-state index contributed by atoms with van der Waals surface area (Å²) < 4.78 is 4.69. The Morgan fingerprint density at radius 3 is 1.70 bits per heavy atom. The van der Waals surface area contributed by atoms with Gasteiger partial charge in [0.1, 0.15) is 0 Å². The Morgan fingerprint density at radius 1 is 0.800 bits per heavy atom. The summed E-state index contributed by atoms with van der Waals surface area (Å²) in [7, 11) is 1.47. The van der Waals surface area contributed by atoms with Crippen LogP contribution in [0.3, 0.4) is 0 Å². The Labute approximate surface area is 126 Å². The summed E-state index contributed by atoms with van der Waals surface area (Å²) in [4.78, 5) is 11.1. The predicted molar refractivity (Wildman–Crippen MR) is 86.8 cm³/mol. The third kappa shape index (κ3) is 13.9. The number of esters is 1. The van der Waals surface area contributed by atoms with Crippen LogP contribution in [0, 0.1) is 11.8 Å². The van der Waals surface area contributed by atoms with Gasteiger partial charge >= 0.3 is 5.97 Å². The molecular formula is C18H36O2. The molecule has 120 valence electrons. The molecule has 0 saturated carbocycles. The van der Waals surface area contributed by atoms with Crippen LogP contribution in [0.5, 0.6) is 0 Å². The predicted octanol–water partition coefficient (Wildman–Crippen LogP) is 5.74. The highest BCUT2D eigenvalue weighted by Gasteiger charge is 2.08. The maximum atomic E-state index is 11.1. The summed E-state index contributed by atoms with van der Waals surface area (Å²) >= 11 is 0. The van der Waals surface area contributed by atoms with Gasteiger partial charge in [0.15, 0.2) is 0 Å². The summed E-state index contributed by atoms with van der Waals surface area (Å²) in [5, 5.41) is 0. The third-order valence-electron chi connectivity index (χ3n) is 3.97. The van der Waals surface area contributed by atoms with Gasteiger partial charge in [-0.05, 0) is 11.8 Å². The molecule has 0 aliphatic rings. The number of methoxy groups -OCH3 is 1. The molecule has 0 fully saturated rings. The lowest BCUT2D eigenvalue weighted by atomic mass is 9.98. The van der Waals surface area contributed by atoms with Crippen molar-refractivity contribution in [1.29, 1.82) is 0 Å². The van der Waals surface area contributed by atoms with E-state index in [-0.39, 0.29) is 5.97 Å². The van der Waals surface area contributed by atoms with Crippen LogP contribution in [-0.2, 0) is 9.53 Å². The molecular weight excluding hydrogens is 248 g/mol. The minimum atomic E-state index is -0.0705. The standard InChI is InChI=1S/C18H36O2/c1-16(2)13-11-9-7-5-6-8-10-12-14-17(3)15-18(19)20-4/h16-17H,5-15H2,1-4H3. The fourth-order valence-electron chi connectivity index (χ4n) is 2.58. The van der Waals surface area contributed by atoms with Gasteiger partial charge in [-0.15, -0.1) is 0 Å². The molecule has 0 rings (SSSR count). The molecule has 20 heavy (non-hydrogen) atoms. The summed E-state index contributed by atoms with van der Waals surface area (Å²) in [6.45, 7) is 6.76. The number of hydrogen-bond donors (Lipinski definition) is 0. The summed E-state index contributed by atoms with van der Waals surface area (Å²) in [6, 6.07) is 0. The quantitative estimate of drug-likeness (QED) is 0.318. The highest BCUT2D eigenvalue weighted by molar-refractivity contribution is 5.69. The van der Waals surface area contributed by atoms with Gasteiger partial charge in [0.2, 0.25) is 0 Å². The Bertz CT molecular complexity index is 223. The highest BCUT2D eigenvalue weighted by atomic mass is 16.5. The van der Waals surface area contributed by atoms with E-state index in [0.717, 1.165) is 12.3 Å². The van der Waals surface area contributed by atoms with E-state index in [2.05, 4.69) is 25.5 Å². The molecule has 0 aromatic carbocycles. The van der Waals surface area contributed by atoms with Crippen LogP contribution >= 0.6 is 0 Å². The zero-order valence-corrected chi connectivity index (χ0v) is 14.2. The van der Waals surface area contributed by atoms with Crippen molar-refractivity contribution in [1.82, 2.24) is 0 Å². The van der Waals surface area contributed by atoms with Gasteiger partial charge < -0.3 is 4.74 Å². The second-order valence-corrected chi connectivity index (χ2v) is 6.69. The lowest BCUT2D eigenvalue weighted by Crippen LogP contribution is -2.06. The van der Waals surface area contributed by atoms with Crippen LogP contribution in [0.15, 0.2) is 0 Å². The van der Waals surface area contributed by atoms with Gasteiger partial charge in [-0.3, -0.25) is 4.79 Å². The zero-order valence-electron chi connectivity index (χ0n) is 14.2. The maximum Gasteiger partial charge on any atom is 0.305 e.